The topological polar surface area (TPSA) is 60.6 Å². The predicted molar refractivity (Wildman–Crippen MR) is 86.9 cm³/mol. The van der Waals surface area contributed by atoms with Crippen LogP contribution >= 0.6 is 0 Å². The molecule has 0 aromatic heterocycles. The van der Waals surface area contributed by atoms with E-state index >= 15 is 0 Å². The van der Waals surface area contributed by atoms with Gasteiger partial charge in [0.05, 0.1) is 28.0 Å². The average Bonchev–Trinajstić information content (AvgIpc) is 3.53. The van der Waals surface area contributed by atoms with Crippen molar-refractivity contribution < 1.29 is 26.5 Å². The van der Waals surface area contributed by atoms with Crippen molar-refractivity contribution >= 4 is 5.78 Å². The number of carbonyl (C=O) groups excluding carboxylic acids is 1. The summed E-state index contributed by atoms with van der Waals surface area (Å²) in [5.41, 5.74) is -1.56. The molecule has 2 saturated heterocycles. The van der Waals surface area contributed by atoms with Crippen molar-refractivity contribution in [3.63, 3.8) is 0 Å². The quantitative estimate of drug-likeness (QED) is 0.747. The number of hydrogen-bond donors (Lipinski definition) is 0. The van der Waals surface area contributed by atoms with Crippen molar-refractivity contribution in [1.82, 2.24) is 0 Å². The van der Waals surface area contributed by atoms with Crippen molar-refractivity contribution in [3.8, 4) is 5.75 Å². The summed E-state index contributed by atoms with van der Waals surface area (Å²) in [7, 11) is 1.33. The first-order valence-electron chi connectivity index (χ1n) is 9.15. The first-order chi connectivity index (χ1) is 12.4. The summed E-state index contributed by atoms with van der Waals surface area (Å²) >= 11 is 0. The number of ether oxygens (including phenoxy) is 4. The molecule has 0 N–H and O–H groups in total. The maximum atomic E-state index is 12.5. The lowest BCUT2D eigenvalue weighted by Crippen LogP contribution is -2.50. The van der Waals surface area contributed by atoms with E-state index in [9.17, 15) is 4.79 Å². The zero-order valence-corrected chi connectivity index (χ0v) is 13.8. The van der Waals surface area contributed by atoms with Crippen LogP contribution < -0.4 is 4.74 Å². The van der Waals surface area contributed by atoms with E-state index in [4.69, 9.17) is 21.7 Å². The molecule has 24 heavy (non-hydrogen) atoms. The number of carbonyl (C=O) groups is 1. The van der Waals surface area contributed by atoms with Crippen molar-refractivity contribution in [2.24, 2.45) is 5.92 Å². The molecule has 1 aromatic carbocycles. The maximum Gasteiger partial charge on any atom is 0.184 e. The SMILES string of the molecule is [2H]C1=C[C@]2(CO2)[C@@H]([C@@]2(C)O[C@@H]2CCOc2ccccc2)[C@]([2H])(OC)C1=O. The molecule has 4 rings (SSSR count). The van der Waals surface area contributed by atoms with Crippen molar-refractivity contribution in [2.45, 2.75) is 36.7 Å². The molecule has 5 atom stereocenters. The highest BCUT2D eigenvalue weighted by molar-refractivity contribution is 5.95. The second-order valence-corrected chi connectivity index (χ2v) is 6.60. The van der Waals surface area contributed by atoms with E-state index in [1.54, 1.807) is 0 Å². The number of benzene rings is 1. The van der Waals surface area contributed by atoms with Crippen LogP contribution in [0.3, 0.4) is 0 Å². The van der Waals surface area contributed by atoms with Crippen LogP contribution in [-0.2, 0) is 19.0 Å². The molecular formula is C19H22O5. The molecule has 1 spiro atoms. The summed E-state index contributed by atoms with van der Waals surface area (Å²) in [6.07, 6.45) is 0.0943. The third kappa shape index (κ3) is 2.57. The number of methoxy groups -OCH3 is 1. The maximum absolute atomic E-state index is 12.5. The van der Waals surface area contributed by atoms with Crippen LogP contribution in [0.2, 0.25) is 0 Å². The Morgan fingerprint density at radius 3 is 2.83 bits per heavy atom. The number of rotatable bonds is 6. The van der Waals surface area contributed by atoms with Gasteiger partial charge >= 0.3 is 0 Å². The normalized spacial score (nSPS) is 44.6. The van der Waals surface area contributed by atoms with Crippen LogP contribution in [0.4, 0.5) is 0 Å². The fourth-order valence-electron chi connectivity index (χ4n) is 3.66. The molecule has 2 aliphatic heterocycles. The molecule has 2 heterocycles. The van der Waals surface area contributed by atoms with Gasteiger partial charge in [0, 0.05) is 13.5 Å². The minimum absolute atomic E-state index is 0.161. The monoisotopic (exact) mass is 332 g/mol. The molecule has 3 aliphatic rings. The third-order valence-electron chi connectivity index (χ3n) is 5.06. The van der Waals surface area contributed by atoms with Gasteiger partial charge in [0.1, 0.15) is 23.0 Å². The van der Waals surface area contributed by atoms with Crippen LogP contribution in [0, 0.1) is 5.92 Å². The molecule has 1 aliphatic carbocycles. The Labute approximate surface area is 144 Å². The van der Waals surface area contributed by atoms with Gasteiger partial charge in [0.2, 0.25) is 0 Å². The van der Waals surface area contributed by atoms with E-state index in [0.717, 1.165) is 5.75 Å². The zero-order valence-electron chi connectivity index (χ0n) is 15.8. The Kier molecular flexibility index (Phi) is 3.22. The highest BCUT2D eigenvalue weighted by Crippen LogP contribution is 2.56. The van der Waals surface area contributed by atoms with Crippen LogP contribution in [-0.4, -0.2) is 49.5 Å². The van der Waals surface area contributed by atoms with E-state index in [0.29, 0.717) is 19.6 Å². The van der Waals surface area contributed by atoms with Gasteiger partial charge in [-0.25, -0.2) is 0 Å². The molecule has 0 radical (unpaired) electrons. The second kappa shape index (κ2) is 5.69. The van der Waals surface area contributed by atoms with Crippen LogP contribution in [0.15, 0.2) is 42.5 Å². The predicted octanol–water partition coefficient (Wildman–Crippen LogP) is 2.15. The molecular weight excluding hydrogens is 308 g/mol. The first kappa shape index (κ1) is 13.6. The molecule has 0 bridgehead atoms. The van der Waals surface area contributed by atoms with Crippen LogP contribution in [0.25, 0.3) is 0 Å². The Morgan fingerprint density at radius 2 is 2.17 bits per heavy atom. The minimum atomic E-state index is -1.88. The number of para-hydroxylation sites is 1. The fraction of sp³-hybridized carbons (Fsp3) is 0.526. The van der Waals surface area contributed by atoms with Gasteiger partial charge in [-0.3, -0.25) is 4.79 Å². The Bertz CT molecular complexity index is 748. The summed E-state index contributed by atoms with van der Waals surface area (Å²) in [5.74, 6) is -0.490. The number of ketones is 1. The molecule has 2 fully saturated rings. The van der Waals surface area contributed by atoms with Crippen molar-refractivity contribution in [2.75, 3.05) is 20.3 Å². The van der Waals surface area contributed by atoms with E-state index in [2.05, 4.69) is 0 Å². The lowest BCUT2D eigenvalue weighted by Gasteiger charge is -2.34. The zero-order chi connectivity index (χ0) is 18.6. The van der Waals surface area contributed by atoms with E-state index in [-0.39, 0.29) is 12.2 Å². The summed E-state index contributed by atoms with van der Waals surface area (Å²) in [6.45, 7) is 2.71. The van der Waals surface area contributed by atoms with Crippen LogP contribution in [0.5, 0.6) is 5.75 Å². The number of epoxide rings is 2. The summed E-state index contributed by atoms with van der Waals surface area (Å²) in [4.78, 5) is 12.5. The molecule has 0 saturated carbocycles. The highest BCUT2D eigenvalue weighted by Gasteiger charge is 2.71. The van der Waals surface area contributed by atoms with Gasteiger partial charge in [-0.05, 0) is 31.2 Å². The molecule has 0 unspecified atom stereocenters. The highest BCUT2D eigenvalue weighted by atomic mass is 16.6. The lowest BCUT2D eigenvalue weighted by molar-refractivity contribution is -0.132. The van der Waals surface area contributed by atoms with E-state index in [1.807, 2.05) is 37.3 Å². The minimum Gasteiger partial charge on any atom is -0.493 e. The molecule has 5 nitrogen and oxygen atoms in total. The average molecular weight is 332 g/mol. The summed E-state index contributed by atoms with van der Waals surface area (Å²) < 4.78 is 39.1. The van der Waals surface area contributed by atoms with Gasteiger partial charge in [-0.15, -0.1) is 0 Å². The summed E-state index contributed by atoms with van der Waals surface area (Å²) in [6, 6.07) is 9.29. The fourth-order valence-corrected chi connectivity index (χ4v) is 3.66. The lowest BCUT2D eigenvalue weighted by atomic mass is 9.72. The molecule has 5 heteroatoms. The Morgan fingerprint density at radius 1 is 1.42 bits per heavy atom. The second-order valence-electron chi connectivity index (χ2n) is 6.60. The van der Waals surface area contributed by atoms with Gasteiger partial charge in [-0.2, -0.15) is 0 Å². The Hall–Kier alpha value is -1.69. The van der Waals surface area contributed by atoms with E-state index < -0.39 is 29.0 Å². The largest absolute Gasteiger partial charge is 0.493 e. The number of hydrogen-bond acceptors (Lipinski definition) is 5. The summed E-state index contributed by atoms with van der Waals surface area (Å²) in [5, 5.41) is 0. The van der Waals surface area contributed by atoms with Gasteiger partial charge in [-0.1, -0.05) is 18.2 Å². The Balaban J connectivity index is 1.49. The van der Waals surface area contributed by atoms with Crippen molar-refractivity contribution in [3.05, 3.63) is 42.5 Å². The molecule has 1 aromatic rings. The smallest absolute Gasteiger partial charge is 0.184 e. The van der Waals surface area contributed by atoms with Crippen LogP contribution in [0.1, 0.15) is 16.1 Å². The van der Waals surface area contributed by atoms with Gasteiger partial charge < -0.3 is 18.9 Å². The first-order valence-corrected chi connectivity index (χ1v) is 8.15. The van der Waals surface area contributed by atoms with E-state index in [1.165, 1.54) is 13.2 Å². The van der Waals surface area contributed by atoms with Gasteiger partial charge in [0.15, 0.2) is 5.78 Å². The van der Waals surface area contributed by atoms with Crippen molar-refractivity contribution in [1.29, 1.82) is 0 Å². The standard InChI is InChI=1S/C19H22O5/c1-18(15(24-18)9-11-22-13-6-4-3-5-7-13)17-16(21-2)14(20)8-10-19(17)12-23-19/h3-8,10,15-17H,9,11-12H2,1-2H3/t15-,16-,17-,18+,19+/m1/s1/i8D,16D. The molecule has 0 amide bonds. The molecule has 128 valence electrons. The van der Waals surface area contributed by atoms with Gasteiger partial charge in [0.25, 0.3) is 0 Å². The third-order valence-corrected chi connectivity index (χ3v) is 5.06.